The van der Waals surface area contributed by atoms with Gasteiger partial charge in [-0.2, -0.15) is 0 Å². The van der Waals surface area contributed by atoms with Crippen LogP contribution in [0.3, 0.4) is 0 Å². The van der Waals surface area contributed by atoms with E-state index in [1.54, 1.807) is 6.07 Å². The van der Waals surface area contributed by atoms with E-state index in [0.717, 1.165) is 25.1 Å². The maximum Gasteiger partial charge on any atom is 0.123 e. The van der Waals surface area contributed by atoms with E-state index in [4.69, 9.17) is 0 Å². The SMILES string of the molecule is Cc1cccc(CNCCc2ccc(F)cc2C)c1. The number of nitrogens with one attached hydrogen (secondary N) is 1. The van der Waals surface area contributed by atoms with Gasteiger partial charge in [-0.25, -0.2) is 4.39 Å². The summed E-state index contributed by atoms with van der Waals surface area (Å²) in [5.74, 6) is -0.158. The molecule has 1 N–H and O–H groups in total. The minimum atomic E-state index is -0.158. The van der Waals surface area contributed by atoms with Crippen molar-refractivity contribution >= 4 is 0 Å². The molecule has 0 amide bonds. The Morgan fingerprint density at radius 2 is 1.89 bits per heavy atom. The van der Waals surface area contributed by atoms with Gasteiger partial charge in [0.1, 0.15) is 5.82 Å². The Bertz CT molecular complexity index is 549. The second-order valence-corrected chi connectivity index (χ2v) is 4.99. The average Bonchev–Trinajstić information content (AvgIpc) is 2.37. The van der Waals surface area contributed by atoms with E-state index in [-0.39, 0.29) is 5.82 Å². The van der Waals surface area contributed by atoms with Crippen LogP contribution >= 0.6 is 0 Å². The van der Waals surface area contributed by atoms with Crippen molar-refractivity contribution in [3.05, 3.63) is 70.5 Å². The Labute approximate surface area is 114 Å². The van der Waals surface area contributed by atoms with Gasteiger partial charge >= 0.3 is 0 Å². The molecule has 0 aliphatic carbocycles. The van der Waals surface area contributed by atoms with Crippen LogP contribution in [0.5, 0.6) is 0 Å². The van der Waals surface area contributed by atoms with Gasteiger partial charge in [0.05, 0.1) is 0 Å². The van der Waals surface area contributed by atoms with E-state index < -0.39 is 0 Å². The summed E-state index contributed by atoms with van der Waals surface area (Å²) in [5, 5.41) is 3.43. The molecule has 0 radical (unpaired) electrons. The Morgan fingerprint density at radius 3 is 2.63 bits per heavy atom. The van der Waals surface area contributed by atoms with Gasteiger partial charge in [0.25, 0.3) is 0 Å². The van der Waals surface area contributed by atoms with Gasteiger partial charge in [-0.1, -0.05) is 35.9 Å². The predicted octanol–water partition coefficient (Wildman–Crippen LogP) is 3.77. The summed E-state index contributed by atoms with van der Waals surface area (Å²) in [7, 11) is 0. The Hall–Kier alpha value is -1.67. The largest absolute Gasteiger partial charge is 0.312 e. The van der Waals surface area contributed by atoms with Crippen molar-refractivity contribution in [2.45, 2.75) is 26.8 Å². The minimum absolute atomic E-state index is 0.158. The van der Waals surface area contributed by atoms with E-state index >= 15 is 0 Å². The molecule has 2 aromatic rings. The molecule has 0 aromatic heterocycles. The van der Waals surface area contributed by atoms with Crippen molar-refractivity contribution < 1.29 is 4.39 Å². The minimum Gasteiger partial charge on any atom is -0.312 e. The third-order valence-electron chi connectivity index (χ3n) is 3.29. The molecule has 0 spiro atoms. The van der Waals surface area contributed by atoms with Gasteiger partial charge < -0.3 is 5.32 Å². The van der Waals surface area contributed by atoms with Gasteiger partial charge in [-0.05, 0) is 55.6 Å². The van der Waals surface area contributed by atoms with E-state index in [9.17, 15) is 4.39 Å². The molecule has 0 unspecified atom stereocenters. The molecule has 2 aromatic carbocycles. The van der Waals surface area contributed by atoms with Crippen molar-refractivity contribution in [3.63, 3.8) is 0 Å². The molecule has 0 atom stereocenters. The highest BCUT2D eigenvalue weighted by atomic mass is 19.1. The fourth-order valence-corrected chi connectivity index (χ4v) is 2.22. The first-order chi connectivity index (χ1) is 9.15. The van der Waals surface area contributed by atoms with Gasteiger partial charge in [-0.15, -0.1) is 0 Å². The first kappa shape index (κ1) is 13.8. The molecule has 0 saturated heterocycles. The Balaban J connectivity index is 1.81. The quantitative estimate of drug-likeness (QED) is 0.804. The molecule has 0 aliphatic rings. The third kappa shape index (κ3) is 4.18. The number of hydrogen-bond acceptors (Lipinski definition) is 1. The van der Waals surface area contributed by atoms with Crippen LogP contribution in [0.15, 0.2) is 42.5 Å². The lowest BCUT2D eigenvalue weighted by Gasteiger charge is -2.08. The molecule has 0 saturated carbocycles. The molecule has 0 fully saturated rings. The average molecular weight is 257 g/mol. The number of hydrogen-bond donors (Lipinski definition) is 1. The summed E-state index contributed by atoms with van der Waals surface area (Å²) in [6.07, 6.45) is 0.929. The van der Waals surface area contributed by atoms with Gasteiger partial charge in [-0.3, -0.25) is 0 Å². The standard InChI is InChI=1S/C17H20FN/c1-13-4-3-5-15(10-13)12-19-9-8-16-6-7-17(18)11-14(16)2/h3-7,10-11,19H,8-9,12H2,1-2H3. The van der Waals surface area contributed by atoms with Crippen LogP contribution in [0, 0.1) is 19.7 Å². The molecular formula is C17H20FN. The second kappa shape index (κ2) is 6.48. The molecule has 0 heterocycles. The highest BCUT2D eigenvalue weighted by Crippen LogP contribution is 2.10. The molecule has 19 heavy (non-hydrogen) atoms. The van der Waals surface area contributed by atoms with Crippen LogP contribution in [0.2, 0.25) is 0 Å². The first-order valence-corrected chi connectivity index (χ1v) is 6.66. The zero-order valence-corrected chi connectivity index (χ0v) is 11.5. The summed E-state index contributed by atoms with van der Waals surface area (Å²) in [6, 6.07) is 13.5. The first-order valence-electron chi connectivity index (χ1n) is 6.66. The van der Waals surface area contributed by atoms with Gasteiger partial charge in [0, 0.05) is 6.54 Å². The highest BCUT2D eigenvalue weighted by molar-refractivity contribution is 5.27. The predicted molar refractivity (Wildman–Crippen MR) is 77.7 cm³/mol. The molecule has 1 nitrogen and oxygen atoms in total. The number of rotatable bonds is 5. The van der Waals surface area contributed by atoms with E-state index in [2.05, 4.69) is 36.5 Å². The zero-order chi connectivity index (χ0) is 13.7. The highest BCUT2D eigenvalue weighted by Gasteiger charge is 2.00. The fourth-order valence-electron chi connectivity index (χ4n) is 2.22. The van der Waals surface area contributed by atoms with Crippen molar-refractivity contribution in [2.75, 3.05) is 6.54 Å². The van der Waals surface area contributed by atoms with Crippen LogP contribution in [-0.4, -0.2) is 6.54 Å². The lowest BCUT2D eigenvalue weighted by Crippen LogP contribution is -2.17. The normalized spacial score (nSPS) is 10.7. The molecular weight excluding hydrogens is 237 g/mol. The summed E-state index contributed by atoms with van der Waals surface area (Å²) in [5.41, 5.74) is 4.82. The van der Waals surface area contributed by atoms with E-state index in [1.165, 1.54) is 22.8 Å². The molecule has 100 valence electrons. The lowest BCUT2D eigenvalue weighted by molar-refractivity contribution is 0.624. The summed E-state index contributed by atoms with van der Waals surface area (Å²) in [6.45, 7) is 5.84. The summed E-state index contributed by atoms with van der Waals surface area (Å²) < 4.78 is 13.0. The van der Waals surface area contributed by atoms with Crippen molar-refractivity contribution in [3.8, 4) is 0 Å². The summed E-state index contributed by atoms with van der Waals surface area (Å²) >= 11 is 0. The Morgan fingerprint density at radius 1 is 1.05 bits per heavy atom. The number of aryl methyl sites for hydroxylation is 2. The monoisotopic (exact) mass is 257 g/mol. The zero-order valence-electron chi connectivity index (χ0n) is 11.5. The van der Waals surface area contributed by atoms with Crippen LogP contribution < -0.4 is 5.32 Å². The number of halogens is 1. The van der Waals surface area contributed by atoms with Crippen molar-refractivity contribution in [1.82, 2.24) is 5.32 Å². The van der Waals surface area contributed by atoms with E-state index in [1.807, 2.05) is 13.0 Å². The van der Waals surface area contributed by atoms with Crippen molar-refractivity contribution in [1.29, 1.82) is 0 Å². The molecule has 0 aliphatic heterocycles. The maximum absolute atomic E-state index is 13.0. The Kier molecular flexibility index (Phi) is 4.69. The maximum atomic E-state index is 13.0. The molecule has 2 rings (SSSR count). The summed E-state index contributed by atoms with van der Waals surface area (Å²) in [4.78, 5) is 0. The van der Waals surface area contributed by atoms with Crippen molar-refractivity contribution in [2.24, 2.45) is 0 Å². The third-order valence-corrected chi connectivity index (χ3v) is 3.29. The van der Waals surface area contributed by atoms with Crippen LogP contribution in [0.1, 0.15) is 22.3 Å². The van der Waals surface area contributed by atoms with E-state index in [0.29, 0.717) is 0 Å². The topological polar surface area (TPSA) is 12.0 Å². The molecule has 0 bridgehead atoms. The molecule has 2 heteroatoms. The lowest BCUT2D eigenvalue weighted by atomic mass is 10.1. The van der Waals surface area contributed by atoms with Gasteiger partial charge in [0.2, 0.25) is 0 Å². The fraction of sp³-hybridized carbons (Fsp3) is 0.294. The number of benzene rings is 2. The second-order valence-electron chi connectivity index (χ2n) is 4.99. The van der Waals surface area contributed by atoms with Crippen LogP contribution in [0.25, 0.3) is 0 Å². The van der Waals surface area contributed by atoms with Crippen LogP contribution in [-0.2, 0) is 13.0 Å². The smallest absolute Gasteiger partial charge is 0.123 e. The van der Waals surface area contributed by atoms with Crippen LogP contribution in [0.4, 0.5) is 4.39 Å². The van der Waals surface area contributed by atoms with Gasteiger partial charge in [0.15, 0.2) is 0 Å².